The first kappa shape index (κ1) is 19.9. The number of halogens is 2. The van der Waals surface area contributed by atoms with Crippen LogP contribution in [0.15, 0.2) is 24.3 Å². The number of nitrogens with two attached hydrogens (primary N) is 1. The highest BCUT2D eigenvalue weighted by atomic mass is 19.3. The van der Waals surface area contributed by atoms with E-state index >= 15 is 0 Å². The van der Waals surface area contributed by atoms with Crippen molar-refractivity contribution in [3.05, 3.63) is 35.4 Å². The monoisotopic (exact) mass is 390 g/mol. The normalized spacial score (nSPS) is 14.9. The van der Waals surface area contributed by atoms with E-state index in [0.717, 1.165) is 6.21 Å². The number of hydrogen-bond acceptors (Lipinski definition) is 7. The predicted octanol–water partition coefficient (Wildman–Crippen LogP) is 3.33. The smallest absolute Gasteiger partial charge is 0.263 e. The van der Waals surface area contributed by atoms with Crippen molar-refractivity contribution in [3.8, 4) is 0 Å². The molecule has 2 aromatic rings. The highest BCUT2D eigenvalue weighted by Crippen LogP contribution is 2.34. The van der Waals surface area contributed by atoms with Crippen LogP contribution in [-0.2, 0) is 0 Å². The summed E-state index contributed by atoms with van der Waals surface area (Å²) in [7, 11) is 0. The highest BCUT2D eigenvalue weighted by Gasteiger charge is 2.33. The number of nitrogens with one attached hydrogen (secondary N) is 2. The summed E-state index contributed by atoms with van der Waals surface area (Å²) in [6.07, 6.45) is -0.795. The van der Waals surface area contributed by atoms with Gasteiger partial charge in [0.05, 0.1) is 11.2 Å². The Kier molecular flexibility index (Phi) is 5.46. The zero-order chi connectivity index (χ0) is 20.5. The molecular formula is C19H24F2N6O. The summed E-state index contributed by atoms with van der Waals surface area (Å²) in [6, 6.07) is 5.84. The third kappa shape index (κ3) is 4.53. The van der Waals surface area contributed by atoms with Crippen molar-refractivity contribution in [1.82, 2.24) is 9.97 Å². The lowest BCUT2D eigenvalue weighted by atomic mass is 9.87. The Morgan fingerprint density at radius 1 is 1.39 bits per heavy atom. The molecule has 0 amide bonds. The van der Waals surface area contributed by atoms with Crippen LogP contribution in [0.1, 0.15) is 37.8 Å². The molecule has 1 fully saturated rings. The Hall–Kier alpha value is -2.81. The van der Waals surface area contributed by atoms with Crippen molar-refractivity contribution in [2.24, 2.45) is 5.92 Å². The van der Waals surface area contributed by atoms with Gasteiger partial charge < -0.3 is 26.5 Å². The molecule has 150 valence electrons. The first-order valence-electron chi connectivity index (χ1n) is 8.96. The minimum absolute atomic E-state index is 0.0269. The number of nitrogen functional groups attached to an aromatic ring is 1. The van der Waals surface area contributed by atoms with E-state index < -0.39 is 12.0 Å². The molecule has 0 atom stereocenters. The molecule has 7 nitrogen and oxygen atoms in total. The van der Waals surface area contributed by atoms with Crippen LogP contribution in [-0.4, -0.2) is 40.0 Å². The maximum atomic E-state index is 12.9. The average Bonchev–Trinajstić information content (AvgIpc) is 2.56. The minimum atomic E-state index is -2.58. The third-order valence-electron chi connectivity index (χ3n) is 4.53. The van der Waals surface area contributed by atoms with E-state index in [4.69, 9.17) is 11.1 Å². The van der Waals surface area contributed by atoms with Gasteiger partial charge in [-0.2, -0.15) is 9.97 Å². The molecule has 28 heavy (non-hydrogen) atoms. The van der Waals surface area contributed by atoms with Gasteiger partial charge in [0.1, 0.15) is 11.6 Å². The second-order valence-corrected chi connectivity index (χ2v) is 7.65. The standard InChI is InChI=1S/C19H24F2N6O/c1-19(2,28)7-11-9-27(10-11)17-14(8-22)16(25-18(23)26-17)24-13-5-3-4-12(6-13)15(20)21/h3-6,8,11,15,22,28H,7,9-10H2,1-2H3,(H3,23,24,25,26). The molecule has 0 saturated carbocycles. The van der Waals surface area contributed by atoms with E-state index in [1.54, 1.807) is 19.9 Å². The Bertz CT molecular complexity index is 862. The number of hydrogen-bond donors (Lipinski definition) is 4. The van der Waals surface area contributed by atoms with Gasteiger partial charge in [0, 0.05) is 30.6 Å². The number of nitrogens with zero attached hydrogens (tertiary/aromatic N) is 3. The Morgan fingerprint density at radius 3 is 2.71 bits per heavy atom. The Labute approximate surface area is 162 Å². The SMILES string of the molecule is CC(C)(O)CC1CN(c2nc(N)nc(Nc3cccc(C(F)F)c3)c2C=N)C1. The zero-order valence-electron chi connectivity index (χ0n) is 15.8. The molecule has 0 bridgehead atoms. The van der Waals surface area contributed by atoms with Crippen LogP contribution in [0.3, 0.4) is 0 Å². The fraction of sp³-hybridized carbons (Fsp3) is 0.421. The summed E-state index contributed by atoms with van der Waals surface area (Å²) in [6.45, 7) is 4.91. The van der Waals surface area contributed by atoms with Crippen LogP contribution >= 0.6 is 0 Å². The molecule has 0 radical (unpaired) electrons. The van der Waals surface area contributed by atoms with Crippen molar-refractivity contribution in [3.63, 3.8) is 0 Å². The third-order valence-corrected chi connectivity index (χ3v) is 4.53. The van der Waals surface area contributed by atoms with Gasteiger partial charge in [-0.05, 0) is 38.3 Å². The maximum Gasteiger partial charge on any atom is 0.263 e. The van der Waals surface area contributed by atoms with Gasteiger partial charge in [0.15, 0.2) is 0 Å². The summed E-state index contributed by atoms with van der Waals surface area (Å²) in [5.41, 5.74) is 5.85. The fourth-order valence-electron chi connectivity index (χ4n) is 3.41. The highest BCUT2D eigenvalue weighted by molar-refractivity contribution is 5.93. The molecular weight excluding hydrogens is 366 g/mol. The Morgan fingerprint density at radius 2 is 2.11 bits per heavy atom. The molecule has 9 heteroatoms. The molecule has 2 heterocycles. The average molecular weight is 390 g/mol. The first-order chi connectivity index (χ1) is 13.2. The van der Waals surface area contributed by atoms with Crippen LogP contribution in [0.2, 0.25) is 0 Å². The van der Waals surface area contributed by atoms with Crippen molar-refractivity contribution < 1.29 is 13.9 Å². The summed E-state index contributed by atoms with van der Waals surface area (Å²) in [5.74, 6) is 1.14. The molecule has 0 aliphatic carbocycles. The van der Waals surface area contributed by atoms with E-state index in [2.05, 4.69) is 15.3 Å². The summed E-state index contributed by atoms with van der Waals surface area (Å²) in [5, 5.41) is 20.7. The van der Waals surface area contributed by atoms with Crippen LogP contribution < -0.4 is 16.0 Å². The largest absolute Gasteiger partial charge is 0.390 e. The molecule has 1 aliphatic rings. The zero-order valence-corrected chi connectivity index (χ0v) is 15.8. The van der Waals surface area contributed by atoms with Gasteiger partial charge in [0.2, 0.25) is 5.95 Å². The molecule has 0 unspecified atom stereocenters. The quantitative estimate of drug-likeness (QED) is 0.540. The topological polar surface area (TPSA) is 111 Å². The summed E-state index contributed by atoms with van der Waals surface area (Å²) in [4.78, 5) is 10.4. The van der Waals surface area contributed by atoms with Crippen molar-refractivity contribution in [1.29, 1.82) is 5.41 Å². The van der Waals surface area contributed by atoms with Crippen molar-refractivity contribution in [2.75, 3.05) is 29.0 Å². The molecule has 0 spiro atoms. The van der Waals surface area contributed by atoms with Gasteiger partial charge in [-0.25, -0.2) is 8.78 Å². The number of anilines is 4. The van der Waals surface area contributed by atoms with Crippen molar-refractivity contribution in [2.45, 2.75) is 32.3 Å². The van der Waals surface area contributed by atoms with E-state index in [0.29, 0.717) is 42.5 Å². The van der Waals surface area contributed by atoms with Crippen molar-refractivity contribution >= 4 is 29.5 Å². The second-order valence-electron chi connectivity index (χ2n) is 7.65. The van der Waals surface area contributed by atoms with E-state index in [-0.39, 0.29) is 17.3 Å². The van der Waals surface area contributed by atoms with Gasteiger partial charge in [-0.1, -0.05) is 12.1 Å². The first-order valence-corrected chi connectivity index (χ1v) is 8.96. The van der Waals surface area contributed by atoms with Gasteiger partial charge >= 0.3 is 0 Å². The molecule has 1 aromatic heterocycles. The van der Waals surface area contributed by atoms with Crippen LogP contribution in [0.4, 0.5) is 32.1 Å². The molecule has 1 saturated heterocycles. The van der Waals surface area contributed by atoms with E-state index in [1.807, 2.05) is 4.90 Å². The summed E-state index contributed by atoms with van der Waals surface area (Å²) < 4.78 is 25.9. The molecule has 3 rings (SSSR count). The lowest BCUT2D eigenvalue weighted by Gasteiger charge is -2.43. The molecule has 1 aliphatic heterocycles. The number of aliphatic hydroxyl groups is 1. The number of aromatic nitrogens is 2. The second kappa shape index (κ2) is 7.67. The molecule has 5 N–H and O–H groups in total. The van der Waals surface area contributed by atoms with Gasteiger partial charge in [-0.3, -0.25) is 0 Å². The van der Waals surface area contributed by atoms with Gasteiger partial charge in [-0.15, -0.1) is 0 Å². The van der Waals surface area contributed by atoms with Crippen LogP contribution in [0.5, 0.6) is 0 Å². The fourth-order valence-corrected chi connectivity index (χ4v) is 3.41. The lowest BCUT2D eigenvalue weighted by Crippen LogP contribution is -2.50. The number of alkyl halides is 2. The van der Waals surface area contributed by atoms with Gasteiger partial charge in [0.25, 0.3) is 6.43 Å². The lowest BCUT2D eigenvalue weighted by molar-refractivity contribution is 0.0474. The van der Waals surface area contributed by atoms with E-state index in [9.17, 15) is 13.9 Å². The predicted molar refractivity (Wildman–Crippen MR) is 106 cm³/mol. The van der Waals surface area contributed by atoms with Crippen LogP contribution in [0, 0.1) is 11.3 Å². The molecule has 1 aromatic carbocycles. The number of benzene rings is 1. The Balaban J connectivity index is 1.84. The van der Waals surface area contributed by atoms with E-state index in [1.165, 1.54) is 18.2 Å². The maximum absolute atomic E-state index is 12.9. The minimum Gasteiger partial charge on any atom is -0.390 e. The van der Waals surface area contributed by atoms with Crippen LogP contribution in [0.25, 0.3) is 0 Å². The number of rotatable bonds is 7. The summed E-state index contributed by atoms with van der Waals surface area (Å²) >= 11 is 0.